The van der Waals surface area contributed by atoms with Crippen LogP contribution in [0.1, 0.15) is 32.2 Å². The number of hydrogen-bond donors (Lipinski definition) is 3. The van der Waals surface area contributed by atoms with Crippen LogP contribution in [-0.4, -0.2) is 77.6 Å². The second-order valence-corrected chi connectivity index (χ2v) is 9.05. The van der Waals surface area contributed by atoms with E-state index in [9.17, 15) is 24.6 Å². The van der Waals surface area contributed by atoms with Crippen molar-refractivity contribution in [2.75, 3.05) is 26.2 Å². The van der Waals surface area contributed by atoms with Crippen LogP contribution in [0, 0.1) is 5.92 Å². The number of nitrogens with zero attached hydrogens (tertiary/aromatic N) is 5. The molecule has 4 rings (SSSR count). The smallest absolute Gasteiger partial charge is 0.332 e. The Morgan fingerprint density at radius 2 is 2.00 bits per heavy atom. The molecule has 31 heavy (non-hydrogen) atoms. The lowest BCUT2D eigenvalue weighted by Crippen LogP contribution is -2.47. The number of piperidine rings is 1. The van der Waals surface area contributed by atoms with E-state index >= 15 is 0 Å². The van der Waals surface area contributed by atoms with Crippen LogP contribution < -0.4 is 16.6 Å². The summed E-state index contributed by atoms with van der Waals surface area (Å²) in [6.07, 6.45) is 2.24. The first-order valence-electron chi connectivity index (χ1n) is 10.6. The van der Waals surface area contributed by atoms with E-state index in [0.717, 1.165) is 24.0 Å². The first-order valence-corrected chi connectivity index (χ1v) is 10.6. The molecule has 11 heteroatoms. The van der Waals surface area contributed by atoms with Gasteiger partial charge in [0.05, 0.1) is 30.0 Å². The van der Waals surface area contributed by atoms with Crippen molar-refractivity contribution >= 4 is 17.1 Å². The van der Waals surface area contributed by atoms with Crippen LogP contribution in [-0.2, 0) is 18.9 Å². The Morgan fingerprint density at radius 3 is 2.68 bits per heavy atom. The molecule has 4 atom stereocenters. The molecule has 0 aliphatic carbocycles. The van der Waals surface area contributed by atoms with Gasteiger partial charge in [-0.2, -0.15) is 0 Å². The highest BCUT2D eigenvalue weighted by Gasteiger charge is 2.43. The predicted octanol–water partition coefficient (Wildman–Crippen LogP) is -1.68. The first kappa shape index (κ1) is 21.7. The van der Waals surface area contributed by atoms with Crippen LogP contribution in [0.15, 0.2) is 15.9 Å². The molecule has 0 aromatic carbocycles. The van der Waals surface area contributed by atoms with E-state index < -0.39 is 29.0 Å². The number of carbonyl (C=O) groups excluding carboxylic acids is 1. The Labute approximate surface area is 178 Å². The Balaban J connectivity index is 1.79. The number of likely N-dealkylation sites (tertiary alicyclic amines) is 1. The number of nitrogens with one attached hydrogen (secondary N) is 1. The number of β-amino-alcohol motifs (C(OH)–C–C–N with tert-alkyl or cyclic N) is 1. The zero-order chi connectivity index (χ0) is 22.5. The fourth-order valence-corrected chi connectivity index (χ4v) is 4.90. The van der Waals surface area contributed by atoms with Gasteiger partial charge < -0.3 is 25.0 Å². The summed E-state index contributed by atoms with van der Waals surface area (Å²) in [5.74, 6) is -0.253. The number of aryl methyl sites for hydroxylation is 1. The lowest BCUT2D eigenvalue weighted by Gasteiger charge is -2.35. The van der Waals surface area contributed by atoms with Crippen LogP contribution in [0.2, 0.25) is 0 Å². The Kier molecular flexibility index (Phi) is 5.52. The van der Waals surface area contributed by atoms with Crippen LogP contribution in [0.3, 0.4) is 0 Å². The zero-order valence-corrected chi connectivity index (χ0v) is 18.1. The fourth-order valence-electron chi connectivity index (χ4n) is 4.90. The maximum Gasteiger partial charge on any atom is 0.332 e. The fraction of sp³-hybridized carbons (Fsp3) is 0.700. The molecule has 2 fully saturated rings. The van der Waals surface area contributed by atoms with Gasteiger partial charge in [-0.3, -0.25) is 18.7 Å². The SMILES string of the molecule is Cn1c(=O)c2c(ncn2[C@H]2CN(C(=O)[C@H]3CCCNC3)C[C@H](O)C[C@]2(C)O)n(C)c1=O. The van der Waals surface area contributed by atoms with Crippen molar-refractivity contribution < 1.29 is 15.0 Å². The third-order valence-corrected chi connectivity index (χ3v) is 6.66. The summed E-state index contributed by atoms with van der Waals surface area (Å²) in [6.45, 7) is 3.30. The molecule has 0 radical (unpaired) electrons. The zero-order valence-electron chi connectivity index (χ0n) is 18.1. The topological polar surface area (TPSA) is 135 Å². The minimum Gasteiger partial charge on any atom is -0.391 e. The lowest BCUT2D eigenvalue weighted by atomic mass is 9.91. The minimum atomic E-state index is -1.41. The monoisotopic (exact) mass is 434 g/mol. The van der Waals surface area contributed by atoms with Crippen molar-refractivity contribution in [1.29, 1.82) is 0 Å². The number of imidazole rings is 1. The molecule has 170 valence electrons. The van der Waals surface area contributed by atoms with Gasteiger partial charge in [-0.25, -0.2) is 9.78 Å². The Morgan fingerprint density at radius 1 is 1.26 bits per heavy atom. The van der Waals surface area contributed by atoms with Gasteiger partial charge in [-0.05, 0) is 26.3 Å². The maximum absolute atomic E-state index is 13.2. The summed E-state index contributed by atoms with van der Waals surface area (Å²) < 4.78 is 3.83. The number of rotatable bonds is 2. The molecule has 0 bridgehead atoms. The summed E-state index contributed by atoms with van der Waals surface area (Å²) in [5, 5.41) is 25.1. The van der Waals surface area contributed by atoms with E-state index in [0.29, 0.717) is 6.54 Å². The third kappa shape index (κ3) is 3.70. The molecule has 1 amide bonds. The molecule has 4 heterocycles. The number of aliphatic hydroxyl groups excluding tert-OH is 1. The minimum absolute atomic E-state index is 0.0378. The van der Waals surface area contributed by atoms with Crippen molar-refractivity contribution in [3.63, 3.8) is 0 Å². The number of aromatic nitrogens is 4. The van der Waals surface area contributed by atoms with E-state index in [1.165, 1.54) is 25.0 Å². The van der Waals surface area contributed by atoms with Crippen LogP contribution >= 0.6 is 0 Å². The Bertz CT molecular complexity index is 1110. The predicted molar refractivity (Wildman–Crippen MR) is 113 cm³/mol. The molecular formula is C20H30N6O5. The van der Waals surface area contributed by atoms with Crippen molar-refractivity contribution in [2.45, 2.75) is 43.9 Å². The van der Waals surface area contributed by atoms with Crippen LogP contribution in [0.4, 0.5) is 0 Å². The van der Waals surface area contributed by atoms with Gasteiger partial charge in [0.2, 0.25) is 5.91 Å². The van der Waals surface area contributed by atoms with E-state index in [4.69, 9.17) is 0 Å². The van der Waals surface area contributed by atoms with Crippen molar-refractivity contribution in [3.8, 4) is 0 Å². The van der Waals surface area contributed by atoms with Crippen molar-refractivity contribution in [3.05, 3.63) is 27.2 Å². The first-order chi connectivity index (χ1) is 14.6. The second-order valence-electron chi connectivity index (χ2n) is 9.05. The Hall–Kier alpha value is -2.50. The highest BCUT2D eigenvalue weighted by atomic mass is 16.3. The normalized spacial score (nSPS) is 29.8. The molecule has 11 nitrogen and oxygen atoms in total. The van der Waals surface area contributed by atoms with E-state index in [-0.39, 0.29) is 42.5 Å². The summed E-state index contributed by atoms with van der Waals surface area (Å²) in [4.78, 5) is 44.2. The van der Waals surface area contributed by atoms with E-state index in [1.54, 1.807) is 16.4 Å². The summed E-state index contributed by atoms with van der Waals surface area (Å²) >= 11 is 0. The number of hydrogen-bond acceptors (Lipinski definition) is 7. The standard InChI is InChI=1S/C20H30N6O5/c1-20(31)7-13(27)9-25(17(28)12-5-4-6-21-8-12)10-14(20)26-11-22-16-15(26)18(29)24(3)19(30)23(16)2/h11-14,21,27,31H,4-10H2,1-3H3/t12-,13+,14-,20-/m0/s1. The number of fused-ring (bicyclic) bond motifs is 1. The van der Waals surface area contributed by atoms with Gasteiger partial charge in [-0.15, -0.1) is 0 Å². The second kappa shape index (κ2) is 7.88. The van der Waals surface area contributed by atoms with E-state index in [1.807, 2.05) is 0 Å². The third-order valence-electron chi connectivity index (χ3n) is 6.66. The van der Waals surface area contributed by atoms with Gasteiger partial charge in [0.1, 0.15) is 0 Å². The van der Waals surface area contributed by atoms with Crippen LogP contribution in [0.25, 0.3) is 11.2 Å². The molecule has 3 N–H and O–H groups in total. The molecule has 0 spiro atoms. The molecule has 2 saturated heterocycles. The molecular weight excluding hydrogens is 404 g/mol. The lowest BCUT2D eigenvalue weighted by molar-refractivity contribution is -0.137. The quantitative estimate of drug-likeness (QED) is 0.514. The molecule has 2 aliphatic heterocycles. The summed E-state index contributed by atoms with van der Waals surface area (Å²) in [6, 6.07) is -0.722. The van der Waals surface area contributed by atoms with Gasteiger partial charge >= 0.3 is 5.69 Å². The van der Waals surface area contributed by atoms with Gasteiger partial charge in [0.15, 0.2) is 11.2 Å². The van der Waals surface area contributed by atoms with Gasteiger partial charge in [0.25, 0.3) is 5.56 Å². The maximum atomic E-state index is 13.2. The van der Waals surface area contributed by atoms with Crippen molar-refractivity contribution in [1.82, 2.24) is 28.9 Å². The number of carbonyl (C=O) groups is 1. The van der Waals surface area contributed by atoms with Crippen LogP contribution in [0.5, 0.6) is 0 Å². The average Bonchev–Trinajstić information content (AvgIpc) is 3.12. The highest BCUT2D eigenvalue weighted by Crippen LogP contribution is 2.33. The van der Waals surface area contributed by atoms with Crippen molar-refractivity contribution in [2.24, 2.45) is 20.0 Å². The van der Waals surface area contributed by atoms with Gasteiger partial charge in [-0.1, -0.05) is 0 Å². The molecule has 2 aliphatic rings. The molecule has 0 saturated carbocycles. The highest BCUT2D eigenvalue weighted by molar-refractivity contribution is 5.79. The molecule has 2 aromatic heterocycles. The molecule has 2 aromatic rings. The summed E-state index contributed by atoms with van der Waals surface area (Å²) in [5.41, 5.74) is -2.04. The van der Waals surface area contributed by atoms with E-state index in [2.05, 4.69) is 10.3 Å². The van der Waals surface area contributed by atoms with Gasteiger partial charge in [0, 0.05) is 40.2 Å². The summed E-state index contributed by atoms with van der Waals surface area (Å²) in [7, 11) is 2.92. The largest absolute Gasteiger partial charge is 0.391 e. The average molecular weight is 434 g/mol. The number of amides is 1. The number of aliphatic hydroxyl groups is 2. The molecule has 0 unspecified atom stereocenters.